The summed E-state index contributed by atoms with van der Waals surface area (Å²) in [7, 11) is 2.13. The van der Waals surface area contributed by atoms with Crippen LogP contribution < -0.4 is 10.2 Å². The van der Waals surface area contributed by atoms with E-state index in [9.17, 15) is 9.50 Å². The van der Waals surface area contributed by atoms with E-state index in [0.29, 0.717) is 5.56 Å². The Morgan fingerprint density at radius 3 is 2.52 bits per heavy atom. The first-order valence-electron chi connectivity index (χ1n) is 10.7. The molecule has 2 aromatic carbocycles. The molecule has 3 heterocycles. The van der Waals surface area contributed by atoms with Gasteiger partial charge in [-0.25, -0.2) is 9.37 Å². The molecule has 0 atom stereocenters. The van der Waals surface area contributed by atoms with E-state index < -0.39 is 11.6 Å². The smallest absolute Gasteiger partial charge is 0.170 e. The highest BCUT2D eigenvalue weighted by Crippen LogP contribution is 2.35. The molecule has 0 radical (unpaired) electrons. The topological polar surface area (TPSA) is 64.5 Å². The summed E-state index contributed by atoms with van der Waals surface area (Å²) in [6, 6.07) is 14.4. The number of aromatic nitrogens is 2. The quantitative estimate of drug-likeness (QED) is 0.428. The lowest BCUT2D eigenvalue weighted by atomic mass is 10.0. The number of piperazine rings is 1. The number of hydrogen-bond donors (Lipinski definition) is 2. The van der Waals surface area contributed by atoms with Crippen molar-refractivity contribution in [3.63, 3.8) is 0 Å². The van der Waals surface area contributed by atoms with Crippen molar-refractivity contribution in [1.29, 1.82) is 0 Å². The molecule has 2 N–H and O–H groups in total. The SMILES string of the molecule is CN1CCN(c2ccc(Nc3ccnc4ccc(-c5cc(F)c(O)c(Cl)c5)cc34)cn2)CC1. The van der Waals surface area contributed by atoms with Gasteiger partial charge in [0, 0.05) is 43.4 Å². The zero-order valence-electron chi connectivity index (χ0n) is 18.1. The van der Waals surface area contributed by atoms with Crippen molar-refractivity contribution < 1.29 is 9.50 Å². The summed E-state index contributed by atoms with van der Waals surface area (Å²) >= 11 is 5.97. The van der Waals surface area contributed by atoms with Crippen LogP contribution in [0.3, 0.4) is 0 Å². The van der Waals surface area contributed by atoms with Crippen LogP contribution in [-0.4, -0.2) is 53.2 Å². The summed E-state index contributed by atoms with van der Waals surface area (Å²) in [6.07, 6.45) is 3.58. The van der Waals surface area contributed by atoms with E-state index in [1.54, 1.807) is 12.3 Å². The molecule has 2 aromatic heterocycles. The number of phenols is 1. The number of anilines is 3. The van der Waals surface area contributed by atoms with E-state index in [-0.39, 0.29) is 5.02 Å². The number of halogens is 2. The van der Waals surface area contributed by atoms with Gasteiger partial charge in [0.25, 0.3) is 0 Å². The lowest BCUT2D eigenvalue weighted by Gasteiger charge is -2.33. The number of phenolic OH excluding ortho intramolecular Hbond substituents is 1. The van der Waals surface area contributed by atoms with Crippen LogP contribution in [0.2, 0.25) is 5.02 Å². The van der Waals surface area contributed by atoms with Gasteiger partial charge in [-0.15, -0.1) is 0 Å². The fourth-order valence-corrected chi connectivity index (χ4v) is 4.21. The molecule has 0 saturated carbocycles. The molecular formula is C25H23ClFN5O. The van der Waals surface area contributed by atoms with Crippen LogP contribution in [0.25, 0.3) is 22.0 Å². The minimum absolute atomic E-state index is 0.0267. The third kappa shape index (κ3) is 4.42. The van der Waals surface area contributed by atoms with Crippen molar-refractivity contribution in [1.82, 2.24) is 14.9 Å². The minimum Gasteiger partial charge on any atom is -0.504 e. The molecule has 0 aliphatic carbocycles. The van der Waals surface area contributed by atoms with Crippen LogP contribution in [-0.2, 0) is 0 Å². The monoisotopic (exact) mass is 463 g/mol. The second-order valence-corrected chi connectivity index (χ2v) is 8.61. The highest BCUT2D eigenvalue weighted by Gasteiger charge is 2.15. The Morgan fingerprint density at radius 1 is 0.970 bits per heavy atom. The number of benzene rings is 2. The van der Waals surface area contributed by atoms with Gasteiger partial charge in [0.05, 0.1) is 22.4 Å². The summed E-state index contributed by atoms with van der Waals surface area (Å²) in [6.45, 7) is 4.00. The number of pyridine rings is 2. The first kappa shape index (κ1) is 21.4. The Bertz CT molecular complexity index is 1280. The van der Waals surface area contributed by atoms with Crippen molar-refractivity contribution in [3.8, 4) is 16.9 Å². The van der Waals surface area contributed by atoms with Gasteiger partial charge in [0.15, 0.2) is 11.6 Å². The molecule has 4 aromatic rings. The second-order valence-electron chi connectivity index (χ2n) is 8.20. The maximum Gasteiger partial charge on any atom is 0.170 e. The maximum atomic E-state index is 14.0. The van der Waals surface area contributed by atoms with Crippen molar-refractivity contribution in [2.45, 2.75) is 0 Å². The van der Waals surface area contributed by atoms with Crippen molar-refractivity contribution in [2.24, 2.45) is 0 Å². The van der Waals surface area contributed by atoms with Gasteiger partial charge < -0.3 is 20.2 Å². The molecule has 0 amide bonds. The van der Waals surface area contributed by atoms with E-state index in [2.05, 4.69) is 32.1 Å². The first-order valence-corrected chi connectivity index (χ1v) is 11.1. The molecule has 5 rings (SSSR count). The average Bonchev–Trinajstić information content (AvgIpc) is 2.83. The lowest BCUT2D eigenvalue weighted by Crippen LogP contribution is -2.44. The van der Waals surface area contributed by atoms with E-state index in [0.717, 1.165) is 59.8 Å². The van der Waals surface area contributed by atoms with Gasteiger partial charge in [-0.2, -0.15) is 0 Å². The van der Waals surface area contributed by atoms with Crippen molar-refractivity contribution in [3.05, 3.63) is 71.8 Å². The molecule has 33 heavy (non-hydrogen) atoms. The van der Waals surface area contributed by atoms with Crippen molar-refractivity contribution >= 4 is 39.7 Å². The van der Waals surface area contributed by atoms with Gasteiger partial charge in [0.1, 0.15) is 5.82 Å². The molecule has 8 heteroatoms. The second kappa shape index (κ2) is 8.84. The van der Waals surface area contributed by atoms with Gasteiger partial charge in [0.2, 0.25) is 0 Å². The lowest BCUT2D eigenvalue weighted by molar-refractivity contribution is 0.312. The molecule has 0 unspecified atom stereocenters. The molecule has 1 aliphatic rings. The standard InChI is InChI=1S/C25H23ClFN5O/c1-31-8-10-32(11-9-31)24-5-3-18(15-29-24)30-23-6-7-28-22-4-2-16(12-19(22)23)17-13-20(26)25(33)21(27)14-17/h2-7,12-15,33H,8-11H2,1H3,(H,28,30). The minimum atomic E-state index is -0.756. The Balaban J connectivity index is 1.43. The van der Waals surface area contributed by atoms with Crippen LogP contribution in [0.15, 0.2) is 60.9 Å². The van der Waals surface area contributed by atoms with E-state index in [1.807, 2.05) is 42.6 Å². The van der Waals surface area contributed by atoms with Crippen LogP contribution in [0.4, 0.5) is 21.6 Å². The van der Waals surface area contributed by atoms with Crippen LogP contribution in [0.5, 0.6) is 5.75 Å². The largest absolute Gasteiger partial charge is 0.504 e. The molecule has 1 saturated heterocycles. The molecule has 168 valence electrons. The molecule has 1 aliphatic heterocycles. The van der Waals surface area contributed by atoms with Crippen LogP contribution in [0.1, 0.15) is 0 Å². The van der Waals surface area contributed by atoms with Crippen molar-refractivity contribution in [2.75, 3.05) is 43.4 Å². The predicted molar refractivity (Wildman–Crippen MR) is 131 cm³/mol. The van der Waals surface area contributed by atoms with Gasteiger partial charge in [-0.3, -0.25) is 4.98 Å². The third-order valence-corrected chi connectivity index (χ3v) is 6.23. The fourth-order valence-electron chi connectivity index (χ4n) is 4.01. The number of nitrogens with one attached hydrogen (secondary N) is 1. The Morgan fingerprint density at radius 2 is 1.79 bits per heavy atom. The summed E-state index contributed by atoms with van der Waals surface area (Å²) in [4.78, 5) is 13.7. The highest BCUT2D eigenvalue weighted by molar-refractivity contribution is 6.32. The normalized spacial score (nSPS) is 14.6. The molecule has 1 fully saturated rings. The summed E-state index contributed by atoms with van der Waals surface area (Å²) in [5.41, 5.74) is 3.87. The van der Waals surface area contributed by atoms with E-state index >= 15 is 0 Å². The van der Waals surface area contributed by atoms with Gasteiger partial charge in [-0.1, -0.05) is 17.7 Å². The number of likely N-dealkylation sites (N-methyl/N-ethyl adjacent to an activating group) is 1. The van der Waals surface area contributed by atoms with Gasteiger partial charge in [-0.05, 0) is 60.6 Å². The highest BCUT2D eigenvalue weighted by atomic mass is 35.5. The maximum absolute atomic E-state index is 14.0. The number of fused-ring (bicyclic) bond motifs is 1. The summed E-state index contributed by atoms with van der Waals surface area (Å²) in [5.74, 6) is -0.326. The molecule has 6 nitrogen and oxygen atoms in total. The van der Waals surface area contributed by atoms with Crippen LogP contribution >= 0.6 is 11.6 Å². The first-order chi connectivity index (χ1) is 16.0. The molecular weight excluding hydrogens is 441 g/mol. The van der Waals surface area contributed by atoms with Crippen LogP contribution in [0, 0.1) is 5.82 Å². The summed E-state index contributed by atoms with van der Waals surface area (Å²) in [5, 5.41) is 13.9. The predicted octanol–water partition coefficient (Wildman–Crippen LogP) is 5.29. The third-order valence-electron chi connectivity index (χ3n) is 5.95. The number of aromatic hydroxyl groups is 1. The Labute approximate surface area is 196 Å². The number of nitrogens with zero attached hydrogens (tertiary/aromatic N) is 4. The average molecular weight is 464 g/mol. The zero-order valence-corrected chi connectivity index (χ0v) is 18.8. The Hall–Kier alpha value is -3.42. The molecule has 0 spiro atoms. The zero-order chi connectivity index (χ0) is 22.9. The summed E-state index contributed by atoms with van der Waals surface area (Å²) < 4.78 is 14.0. The number of hydrogen-bond acceptors (Lipinski definition) is 6. The van der Waals surface area contributed by atoms with Gasteiger partial charge >= 0.3 is 0 Å². The van der Waals surface area contributed by atoms with E-state index in [1.165, 1.54) is 6.07 Å². The van der Waals surface area contributed by atoms with E-state index in [4.69, 9.17) is 11.6 Å². The molecule has 0 bridgehead atoms. The fraction of sp³-hybridized carbons (Fsp3) is 0.200. The number of rotatable bonds is 4. The Kier molecular flexibility index (Phi) is 5.74.